The summed E-state index contributed by atoms with van der Waals surface area (Å²) in [6.45, 7) is 0.172. The van der Waals surface area contributed by atoms with Gasteiger partial charge in [-0.2, -0.15) is 4.31 Å². The summed E-state index contributed by atoms with van der Waals surface area (Å²) in [4.78, 5) is 28.8. The standard InChI is InChI=1S/C27H33N3O6S/c1-28-26(33)23-21-15-20(18-10-11-18)25(30(37(2,34)35)14-4-3-5-22(31)32)29-27(21)36-24(23)19-12-8-17(9-13-19)16-6-7-16/h8-9,12-13,15-16,18,20,25H,3-7,10-11,14H2,1-2H3,(H,28,33)(H,31,32). The summed E-state index contributed by atoms with van der Waals surface area (Å²) in [7, 11) is -2.06. The monoisotopic (exact) mass is 527 g/mol. The van der Waals surface area contributed by atoms with Gasteiger partial charge in [-0.1, -0.05) is 30.3 Å². The summed E-state index contributed by atoms with van der Waals surface area (Å²) in [5.41, 5.74) is 2.71. The molecule has 37 heavy (non-hydrogen) atoms. The van der Waals surface area contributed by atoms with Crippen LogP contribution in [0.25, 0.3) is 17.4 Å². The van der Waals surface area contributed by atoms with Crippen LogP contribution in [0, 0.1) is 11.8 Å². The molecule has 2 aromatic rings. The topological polar surface area (TPSA) is 129 Å². The number of hydrogen-bond acceptors (Lipinski definition) is 6. The fraction of sp³-hybridized carbons (Fsp3) is 0.519. The quantitative estimate of drug-likeness (QED) is 0.432. The second-order valence-corrected chi connectivity index (χ2v) is 12.3. The van der Waals surface area contributed by atoms with E-state index in [1.165, 1.54) is 22.7 Å². The van der Waals surface area contributed by atoms with E-state index in [1.807, 2.05) is 18.2 Å². The molecule has 2 atom stereocenters. The molecule has 198 valence electrons. The molecule has 0 radical (unpaired) electrons. The molecule has 2 heterocycles. The summed E-state index contributed by atoms with van der Waals surface area (Å²) in [6, 6.07) is 8.07. The molecule has 2 unspecified atom stereocenters. The minimum atomic E-state index is -3.64. The number of carbonyl (C=O) groups is 2. The Morgan fingerprint density at radius 2 is 1.84 bits per heavy atom. The maximum absolute atomic E-state index is 13.0. The highest BCUT2D eigenvalue weighted by molar-refractivity contribution is 7.88. The van der Waals surface area contributed by atoms with Gasteiger partial charge in [0.25, 0.3) is 5.91 Å². The molecule has 9 nitrogen and oxygen atoms in total. The van der Waals surface area contributed by atoms with Crippen LogP contribution in [-0.2, 0) is 14.8 Å². The average Bonchev–Trinajstić information content (AvgIpc) is 3.78. The molecule has 10 heteroatoms. The van der Waals surface area contributed by atoms with E-state index >= 15 is 0 Å². The molecule has 1 aromatic carbocycles. The Morgan fingerprint density at radius 3 is 2.41 bits per heavy atom. The largest absolute Gasteiger partial charge is 0.481 e. The van der Waals surface area contributed by atoms with Gasteiger partial charge in [0.2, 0.25) is 15.6 Å². The number of fused-ring (bicyclic) bond motifs is 1. The van der Waals surface area contributed by atoms with Gasteiger partial charge in [-0.05, 0) is 55.9 Å². The summed E-state index contributed by atoms with van der Waals surface area (Å²) >= 11 is 0. The lowest BCUT2D eigenvalue weighted by Gasteiger charge is -2.32. The molecule has 1 aliphatic heterocycles. The first-order valence-corrected chi connectivity index (χ1v) is 14.8. The molecule has 2 N–H and O–H groups in total. The SMILES string of the molecule is CNC(=O)c1c(-c2ccc(C3CC3)cc2)oc2c1=CC(C1CC1)C(N(CCCCC(=O)O)S(C)(=O)=O)N=2. The molecule has 1 aromatic heterocycles. The number of furan rings is 1. The average molecular weight is 528 g/mol. The van der Waals surface area contributed by atoms with Gasteiger partial charge in [-0.3, -0.25) is 9.59 Å². The number of amides is 1. The highest BCUT2D eigenvalue weighted by Gasteiger charge is 2.42. The van der Waals surface area contributed by atoms with Crippen molar-refractivity contribution in [1.82, 2.24) is 9.62 Å². The van der Waals surface area contributed by atoms with Gasteiger partial charge in [0.05, 0.1) is 11.8 Å². The Labute approximate surface area is 216 Å². The lowest BCUT2D eigenvalue weighted by molar-refractivity contribution is -0.137. The van der Waals surface area contributed by atoms with Crippen molar-refractivity contribution in [2.24, 2.45) is 16.8 Å². The van der Waals surface area contributed by atoms with Crippen molar-refractivity contribution >= 4 is 28.0 Å². The van der Waals surface area contributed by atoms with Crippen LogP contribution in [0.1, 0.15) is 66.8 Å². The number of unbranched alkanes of at least 4 members (excludes halogenated alkanes) is 1. The van der Waals surface area contributed by atoms with Crippen LogP contribution < -0.4 is 16.1 Å². The van der Waals surface area contributed by atoms with Crippen molar-refractivity contribution in [2.75, 3.05) is 19.8 Å². The molecular formula is C27H33N3O6S. The molecule has 0 bridgehead atoms. The van der Waals surface area contributed by atoms with Crippen LogP contribution >= 0.6 is 0 Å². The van der Waals surface area contributed by atoms with Crippen LogP contribution in [-0.4, -0.2) is 55.7 Å². The maximum Gasteiger partial charge on any atom is 0.303 e. The van der Waals surface area contributed by atoms with Crippen LogP contribution in [0.3, 0.4) is 0 Å². The third-order valence-corrected chi connectivity index (χ3v) is 8.71. The van der Waals surface area contributed by atoms with Crippen molar-refractivity contribution in [3.8, 4) is 11.3 Å². The first-order chi connectivity index (χ1) is 17.7. The smallest absolute Gasteiger partial charge is 0.303 e. The second-order valence-electron chi connectivity index (χ2n) is 10.3. The number of benzene rings is 1. The number of nitrogens with zero attached hydrogens (tertiary/aromatic N) is 2. The Kier molecular flexibility index (Phi) is 6.97. The van der Waals surface area contributed by atoms with Crippen LogP contribution in [0.4, 0.5) is 0 Å². The first kappa shape index (κ1) is 25.7. The van der Waals surface area contributed by atoms with Gasteiger partial charge in [0.15, 0.2) is 0 Å². The van der Waals surface area contributed by atoms with Gasteiger partial charge < -0.3 is 14.8 Å². The van der Waals surface area contributed by atoms with E-state index in [0.29, 0.717) is 35.3 Å². The predicted molar refractivity (Wildman–Crippen MR) is 138 cm³/mol. The number of hydrogen-bond donors (Lipinski definition) is 2. The molecule has 2 fully saturated rings. The Balaban J connectivity index is 1.57. The van der Waals surface area contributed by atoms with E-state index in [9.17, 15) is 18.0 Å². The molecule has 1 amide bonds. The highest BCUT2D eigenvalue weighted by Crippen LogP contribution is 2.43. The fourth-order valence-corrected chi connectivity index (χ4v) is 6.24. The molecule has 0 saturated heterocycles. The van der Waals surface area contributed by atoms with Crippen molar-refractivity contribution in [1.29, 1.82) is 0 Å². The fourth-order valence-electron chi connectivity index (χ4n) is 5.20. The molecule has 5 rings (SSSR count). The predicted octanol–water partition coefficient (Wildman–Crippen LogP) is 2.47. The summed E-state index contributed by atoms with van der Waals surface area (Å²) in [6.07, 6.45) is 7.51. The number of carboxylic acid groups (broad SMARTS) is 1. The number of aliphatic carboxylic acids is 1. The summed E-state index contributed by atoms with van der Waals surface area (Å²) < 4.78 is 33.2. The van der Waals surface area contributed by atoms with Crippen molar-refractivity contribution in [3.05, 3.63) is 46.2 Å². The van der Waals surface area contributed by atoms with Crippen LogP contribution in [0.5, 0.6) is 0 Å². The Bertz CT molecular complexity index is 1420. The Hall–Kier alpha value is -2.98. The zero-order chi connectivity index (χ0) is 26.3. The molecule has 2 saturated carbocycles. The number of rotatable bonds is 11. The van der Waals surface area contributed by atoms with E-state index in [2.05, 4.69) is 17.4 Å². The third kappa shape index (κ3) is 5.50. The van der Waals surface area contributed by atoms with Gasteiger partial charge in [0, 0.05) is 36.7 Å². The van der Waals surface area contributed by atoms with E-state index in [-0.39, 0.29) is 36.3 Å². The van der Waals surface area contributed by atoms with E-state index in [4.69, 9.17) is 14.5 Å². The zero-order valence-electron chi connectivity index (χ0n) is 21.1. The van der Waals surface area contributed by atoms with Crippen molar-refractivity contribution < 1.29 is 27.5 Å². The highest BCUT2D eigenvalue weighted by atomic mass is 32.2. The normalized spacial score (nSPS) is 21.2. The van der Waals surface area contributed by atoms with E-state index in [1.54, 1.807) is 7.05 Å². The number of nitrogens with one attached hydrogen (secondary N) is 1. The number of carboxylic acids is 1. The second kappa shape index (κ2) is 10.1. The van der Waals surface area contributed by atoms with Gasteiger partial charge in [0.1, 0.15) is 11.9 Å². The molecule has 3 aliphatic rings. The maximum atomic E-state index is 13.0. The number of sulfonamides is 1. The molecular weight excluding hydrogens is 494 g/mol. The number of carbonyl (C=O) groups excluding carboxylic acids is 1. The third-order valence-electron chi connectivity index (χ3n) is 7.46. The first-order valence-electron chi connectivity index (χ1n) is 12.9. The Morgan fingerprint density at radius 1 is 1.14 bits per heavy atom. The molecule has 0 spiro atoms. The van der Waals surface area contributed by atoms with Gasteiger partial charge in [-0.15, -0.1) is 0 Å². The molecule has 2 aliphatic carbocycles. The minimum absolute atomic E-state index is 0.0156. The van der Waals surface area contributed by atoms with Gasteiger partial charge >= 0.3 is 5.97 Å². The zero-order valence-corrected chi connectivity index (χ0v) is 22.0. The van der Waals surface area contributed by atoms with E-state index in [0.717, 1.165) is 24.7 Å². The van der Waals surface area contributed by atoms with Crippen LogP contribution in [0.2, 0.25) is 0 Å². The summed E-state index contributed by atoms with van der Waals surface area (Å²) in [5, 5.41) is 12.3. The van der Waals surface area contributed by atoms with Crippen molar-refractivity contribution in [2.45, 2.75) is 57.0 Å². The van der Waals surface area contributed by atoms with Crippen LogP contribution in [0.15, 0.2) is 33.7 Å². The van der Waals surface area contributed by atoms with Crippen molar-refractivity contribution in [3.63, 3.8) is 0 Å². The van der Waals surface area contributed by atoms with E-state index < -0.39 is 22.2 Å². The summed E-state index contributed by atoms with van der Waals surface area (Å²) in [5.74, 6) is -0.0875. The lowest BCUT2D eigenvalue weighted by Crippen LogP contribution is -2.48. The minimum Gasteiger partial charge on any atom is -0.481 e. The lowest BCUT2D eigenvalue weighted by atomic mass is 9.95. The van der Waals surface area contributed by atoms with Gasteiger partial charge in [-0.25, -0.2) is 13.4 Å².